The smallest absolute Gasteiger partial charge is 0.180 e. The summed E-state index contributed by atoms with van der Waals surface area (Å²) in [5, 5.41) is 13.2. The molecule has 1 saturated heterocycles. The molecule has 6 rings (SSSR count). The van der Waals surface area contributed by atoms with Crippen molar-refractivity contribution in [1.29, 1.82) is 0 Å². The molecule has 7 nitrogen and oxygen atoms in total. The van der Waals surface area contributed by atoms with E-state index in [1.165, 1.54) is 24.9 Å². The van der Waals surface area contributed by atoms with Crippen LogP contribution in [-0.2, 0) is 6.54 Å². The lowest BCUT2D eigenvalue weighted by Crippen LogP contribution is -2.29. The van der Waals surface area contributed by atoms with Gasteiger partial charge in [0.15, 0.2) is 5.82 Å². The molecule has 7 heteroatoms. The van der Waals surface area contributed by atoms with Gasteiger partial charge in [0.1, 0.15) is 17.3 Å². The molecule has 2 aromatic carbocycles. The quantitative estimate of drug-likeness (QED) is 0.254. The molecule has 5 aromatic rings. The van der Waals surface area contributed by atoms with Gasteiger partial charge in [-0.05, 0) is 72.9 Å². The number of nitrogens with one attached hydrogen (secondary N) is 1. The van der Waals surface area contributed by atoms with Gasteiger partial charge in [-0.3, -0.25) is 9.97 Å². The molecule has 1 aliphatic rings. The zero-order valence-electron chi connectivity index (χ0n) is 21.7. The molecule has 0 saturated carbocycles. The lowest BCUT2D eigenvalue weighted by atomic mass is 10.0. The van der Waals surface area contributed by atoms with Crippen molar-refractivity contribution in [3.63, 3.8) is 0 Å². The summed E-state index contributed by atoms with van der Waals surface area (Å²) in [4.78, 5) is 21.1. The summed E-state index contributed by atoms with van der Waals surface area (Å²) in [6.07, 6.45) is 9.30. The van der Waals surface area contributed by atoms with Crippen molar-refractivity contribution in [1.82, 2.24) is 19.9 Å². The van der Waals surface area contributed by atoms with Crippen LogP contribution in [0.1, 0.15) is 24.8 Å². The Hall–Kier alpha value is -4.78. The molecular weight excluding hydrogens is 484 g/mol. The summed E-state index contributed by atoms with van der Waals surface area (Å²) < 4.78 is 0. The Kier molecular flexibility index (Phi) is 7.12. The van der Waals surface area contributed by atoms with Crippen molar-refractivity contribution >= 4 is 11.5 Å². The number of nitrogens with zero attached hydrogens (tertiary/aromatic N) is 5. The topological polar surface area (TPSA) is 87.1 Å². The van der Waals surface area contributed by atoms with Crippen LogP contribution < -0.4 is 10.2 Å². The highest BCUT2D eigenvalue weighted by Crippen LogP contribution is 2.29. The number of phenols is 1. The summed E-state index contributed by atoms with van der Waals surface area (Å²) in [5.74, 6) is 1.43. The number of aromatic nitrogens is 4. The van der Waals surface area contributed by atoms with Crippen LogP contribution in [0.25, 0.3) is 33.9 Å². The Morgan fingerprint density at radius 2 is 1.59 bits per heavy atom. The number of phenolic OH excluding ortho intramolecular Hbond substituents is 1. The first-order valence-electron chi connectivity index (χ1n) is 13.3. The van der Waals surface area contributed by atoms with Gasteiger partial charge in [0.25, 0.3) is 0 Å². The van der Waals surface area contributed by atoms with Crippen LogP contribution in [0.4, 0.5) is 11.5 Å². The summed E-state index contributed by atoms with van der Waals surface area (Å²) in [5.41, 5.74) is 6.72. The van der Waals surface area contributed by atoms with Crippen molar-refractivity contribution in [2.75, 3.05) is 23.3 Å². The average Bonchev–Trinajstić information content (AvgIpc) is 3.01. The minimum atomic E-state index is 0.235. The van der Waals surface area contributed by atoms with Crippen molar-refractivity contribution in [2.45, 2.75) is 25.8 Å². The Morgan fingerprint density at radius 1 is 0.744 bits per heavy atom. The highest BCUT2D eigenvalue weighted by Gasteiger charge is 2.13. The van der Waals surface area contributed by atoms with E-state index in [2.05, 4.69) is 50.5 Å². The van der Waals surface area contributed by atoms with Gasteiger partial charge in [-0.25, -0.2) is 9.97 Å². The second kappa shape index (κ2) is 11.3. The van der Waals surface area contributed by atoms with Crippen molar-refractivity contribution in [2.24, 2.45) is 0 Å². The molecule has 4 heterocycles. The second-order valence-corrected chi connectivity index (χ2v) is 9.76. The van der Waals surface area contributed by atoms with E-state index in [1.54, 1.807) is 18.3 Å². The molecule has 1 fully saturated rings. The van der Waals surface area contributed by atoms with E-state index in [0.29, 0.717) is 23.9 Å². The molecule has 39 heavy (non-hydrogen) atoms. The third-order valence-electron chi connectivity index (χ3n) is 6.96. The molecule has 1 aliphatic heterocycles. The first-order valence-corrected chi connectivity index (χ1v) is 13.3. The van der Waals surface area contributed by atoms with Crippen LogP contribution in [0.2, 0.25) is 0 Å². The summed E-state index contributed by atoms with van der Waals surface area (Å²) in [6, 6.07) is 25.7. The van der Waals surface area contributed by atoms with Gasteiger partial charge in [-0.2, -0.15) is 0 Å². The van der Waals surface area contributed by atoms with Gasteiger partial charge in [0, 0.05) is 61.1 Å². The molecule has 3 aromatic heterocycles. The van der Waals surface area contributed by atoms with E-state index in [1.807, 2.05) is 48.8 Å². The SMILES string of the molecule is Oc1cccc(CNc2cc(-c3cncc(-c4ccc(N5CCCCC5)cc4)c3)nc(-c3ccccn3)n2)c1. The zero-order valence-corrected chi connectivity index (χ0v) is 21.7. The zero-order chi connectivity index (χ0) is 26.4. The molecule has 0 aliphatic carbocycles. The Bertz CT molecular complexity index is 1550. The molecule has 194 valence electrons. The normalized spacial score (nSPS) is 13.3. The van der Waals surface area contributed by atoms with Gasteiger partial charge in [-0.15, -0.1) is 0 Å². The number of benzene rings is 2. The van der Waals surface area contributed by atoms with Crippen LogP contribution in [0, 0.1) is 0 Å². The first kappa shape index (κ1) is 24.6. The fraction of sp³-hybridized carbons (Fsp3) is 0.188. The monoisotopic (exact) mass is 514 g/mol. The van der Waals surface area contributed by atoms with Crippen molar-refractivity contribution in [3.05, 3.63) is 103 Å². The highest BCUT2D eigenvalue weighted by atomic mass is 16.3. The number of hydrogen-bond donors (Lipinski definition) is 2. The van der Waals surface area contributed by atoms with E-state index >= 15 is 0 Å². The van der Waals surface area contributed by atoms with E-state index in [9.17, 15) is 5.11 Å². The van der Waals surface area contributed by atoms with E-state index in [-0.39, 0.29) is 5.75 Å². The van der Waals surface area contributed by atoms with Crippen LogP contribution in [0.5, 0.6) is 5.75 Å². The second-order valence-electron chi connectivity index (χ2n) is 9.76. The van der Waals surface area contributed by atoms with Gasteiger partial charge in [0.2, 0.25) is 0 Å². The third-order valence-corrected chi connectivity index (χ3v) is 6.96. The fourth-order valence-electron chi connectivity index (χ4n) is 4.91. The molecular formula is C32H30N6O. The lowest BCUT2D eigenvalue weighted by Gasteiger charge is -2.28. The van der Waals surface area contributed by atoms with Gasteiger partial charge >= 0.3 is 0 Å². The number of anilines is 2. The molecule has 0 bridgehead atoms. The highest BCUT2D eigenvalue weighted by molar-refractivity contribution is 5.73. The van der Waals surface area contributed by atoms with Crippen molar-refractivity contribution < 1.29 is 5.11 Å². The molecule has 0 radical (unpaired) electrons. The summed E-state index contributed by atoms with van der Waals surface area (Å²) in [7, 11) is 0. The molecule has 2 N–H and O–H groups in total. The molecule has 0 atom stereocenters. The average molecular weight is 515 g/mol. The lowest BCUT2D eigenvalue weighted by molar-refractivity contribution is 0.474. The summed E-state index contributed by atoms with van der Waals surface area (Å²) in [6.45, 7) is 2.77. The number of hydrogen-bond acceptors (Lipinski definition) is 7. The first-order chi connectivity index (χ1) is 19.2. The maximum atomic E-state index is 9.83. The van der Waals surface area contributed by atoms with E-state index < -0.39 is 0 Å². The predicted octanol–water partition coefficient (Wildman–Crippen LogP) is 6.58. The largest absolute Gasteiger partial charge is 0.508 e. The predicted molar refractivity (Wildman–Crippen MR) is 155 cm³/mol. The van der Waals surface area contributed by atoms with Crippen molar-refractivity contribution in [3.8, 4) is 39.7 Å². The van der Waals surface area contributed by atoms with Crippen LogP contribution >= 0.6 is 0 Å². The van der Waals surface area contributed by atoms with Gasteiger partial charge in [-0.1, -0.05) is 30.3 Å². The number of rotatable bonds is 7. The van der Waals surface area contributed by atoms with Crippen LogP contribution in [0.3, 0.4) is 0 Å². The Morgan fingerprint density at radius 3 is 2.38 bits per heavy atom. The molecule has 0 spiro atoms. The third kappa shape index (κ3) is 5.88. The Balaban J connectivity index is 1.31. The van der Waals surface area contributed by atoms with E-state index in [4.69, 9.17) is 9.97 Å². The van der Waals surface area contributed by atoms with Crippen LogP contribution in [-0.4, -0.2) is 38.1 Å². The minimum absolute atomic E-state index is 0.235. The summed E-state index contributed by atoms with van der Waals surface area (Å²) >= 11 is 0. The van der Waals surface area contributed by atoms with Crippen LogP contribution in [0.15, 0.2) is 97.5 Å². The molecule has 0 unspecified atom stereocenters. The maximum Gasteiger partial charge on any atom is 0.180 e. The maximum absolute atomic E-state index is 9.83. The Labute approximate surface area is 228 Å². The van der Waals surface area contributed by atoms with E-state index in [0.717, 1.165) is 41.0 Å². The van der Waals surface area contributed by atoms with Gasteiger partial charge in [0.05, 0.1) is 5.69 Å². The fourth-order valence-corrected chi connectivity index (χ4v) is 4.91. The standard InChI is InChI=1S/C32H30N6O/c39-28-8-6-7-23(17-28)20-35-31-19-30(36-32(37-31)29-9-2-3-14-34-29)26-18-25(21-33-22-26)24-10-12-27(13-11-24)38-15-4-1-5-16-38/h2-3,6-14,17-19,21-22,39H,1,4-5,15-16,20H2,(H,35,36,37). The number of aromatic hydroxyl groups is 1. The minimum Gasteiger partial charge on any atom is -0.508 e. The van der Waals surface area contributed by atoms with Gasteiger partial charge < -0.3 is 15.3 Å². The molecule has 0 amide bonds. The number of piperidine rings is 1. The number of pyridine rings is 2.